The number of nitro groups is 1. The molecule has 1 aromatic carbocycles. The summed E-state index contributed by atoms with van der Waals surface area (Å²) < 4.78 is 0.450. The van der Waals surface area contributed by atoms with Crippen LogP contribution in [-0.4, -0.2) is 17.9 Å². The van der Waals surface area contributed by atoms with Crippen molar-refractivity contribution < 1.29 is 9.72 Å². The van der Waals surface area contributed by atoms with E-state index in [0.29, 0.717) is 10.2 Å². The average molecular weight is 288 g/mol. The normalized spacial score (nSPS) is 9.94. The Labute approximate surface area is 100 Å². The van der Waals surface area contributed by atoms with E-state index in [1.807, 2.05) is 0 Å². The van der Waals surface area contributed by atoms with Gasteiger partial charge < -0.3 is 10.6 Å². The van der Waals surface area contributed by atoms with Gasteiger partial charge in [0.1, 0.15) is 5.69 Å². The molecule has 0 bridgehead atoms. The van der Waals surface area contributed by atoms with E-state index in [1.54, 1.807) is 7.05 Å². The SMILES string of the molecule is CC(=O)N(C)c1cc(N)c([N+](=O)[O-])cc1Br. The van der Waals surface area contributed by atoms with E-state index in [2.05, 4.69) is 15.9 Å². The fourth-order valence-corrected chi connectivity index (χ4v) is 1.75. The Bertz CT molecular complexity index is 462. The van der Waals surface area contributed by atoms with Crippen LogP contribution in [0.1, 0.15) is 6.92 Å². The van der Waals surface area contributed by atoms with Gasteiger partial charge in [-0.2, -0.15) is 0 Å². The van der Waals surface area contributed by atoms with Crippen molar-refractivity contribution >= 4 is 38.9 Å². The summed E-state index contributed by atoms with van der Waals surface area (Å²) in [6, 6.07) is 2.67. The molecule has 0 aromatic heterocycles. The van der Waals surface area contributed by atoms with Crippen molar-refractivity contribution in [2.24, 2.45) is 0 Å². The van der Waals surface area contributed by atoms with E-state index in [0.717, 1.165) is 0 Å². The molecule has 86 valence electrons. The summed E-state index contributed by atoms with van der Waals surface area (Å²) in [5, 5.41) is 10.6. The van der Waals surface area contributed by atoms with Crippen LogP contribution in [0.25, 0.3) is 0 Å². The van der Waals surface area contributed by atoms with Gasteiger partial charge in [-0.25, -0.2) is 0 Å². The number of carbonyl (C=O) groups excluding carboxylic acids is 1. The van der Waals surface area contributed by atoms with Gasteiger partial charge in [0.25, 0.3) is 5.69 Å². The van der Waals surface area contributed by atoms with Crippen LogP contribution in [-0.2, 0) is 4.79 Å². The molecule has 1 rings (SSSR count). The number of halogens is 1. The van der Waals surface area contributed by atoms with Crippen LogP contribution in [0.3, 0.4) is 0 Å². The molecule has 0 aliphatic rings. The van der Waals surface area contributed by atoms with Gasteiger partial charge in [-0.05, 0) is 22.0 Å². The summed E-state index contributed by atoms with van der Waals surface area (Å²) >= 11 is 3.16. The number of carbonyl (C=O) groups is 1. The van der Waals surface area contributed by atoms with Crippen LogP contribution in [0, 0.1) is 10.1 Å². The number of nitrogen functional groups attached to an aromatic ring is 1. The Hall–Kier alpha value is -1.63. The van der Waals surface area contributed by atoms with Crippen molar-refractivity contribution in [2.45, 2.75) is 6.92 Å². The number of anilines is 2. The molecule has 0 saturated carbocycles. The zero-order valence-electron chi connectivity index (χ0n) is 8.73. The van der Waals surface area contributed by atoms with Crippen LogP contribution < -0.4 is 10.6 Å². The van der Waals surface area contributed by atoms with Crippen molar-refractivity contribution in [1.82, 2.24) is 0 Å². The van der Waals surface area contributed by atoms with Crippen LogP contribution in [0.15, 0.2) is 16.6 Å². The lowest BCUT2D eigenvalue weighted by Gasteiger charge is -2.17. The largest absolute Gasteiger partial charge is 0.393 e. The maximum atomic E-state index is 11.2. The molecule has 7 heteroatoms. The third-order valence-electron chi connectivity index (χ3n) is 2.13. The summed E-state index contributed by atoms with van der Waals surface area (Å²) in [4.78, 5) is 22.5. The molecular weight excluding hydrogens is 278 g/mol. The van der Waals surface area contributed by atoms with E-state index in [1.165, 1.54) is 24.0 Å². The number of nitrogens with zero attached hydrogens (tertiary/aromatic N) is 2. The molecular formula is C9H10BrN3O3. The molecule has 16 heavy (non-hydrogen) atoms. The van der Waals surface area contributed by atoms with E-state index >= 15 is 0 Å². The Morgan fingerprint density at radius 2 is 2.12 bits per heavy atom. The first-order valence-corrected chi connectivity index (χ1v) is 5.11. The zero-order chi connectivity index (χ0) is 12.5. The Kier molecular flexibility index (Phi) is 3.48. The summed E-state index contributed by atoms with van der Waals surface area (Å²) in [7, 11) is 1.56. The molecule has 0 unspecified atom stereocenters. The fraction of sp³-hybridized carbons (Fsp3) is 0.222. The van der Waals surface area contributed by atoms with Crippen LogP contribution in [0.2, 0.25) is 0 Å². The van der Waals surface area contributed by atoms with Crippen molar-refractivity contribution in [3.63, 3.8) is 0 Å². The molecule has 0 radical (unpaired) electrons. The lowest BCUT2D eigenvalue weighted by Crippen LogP contribution is -2.23. The lowest BCUT2D eigenvalue weighted by atomic mass is 10.2. The molecule has 1 amide bonds. The molecule has 1 aromatic rings. The van der Waals surface area contributed by atoms with Crippen LogP contribution in [0.5, 0.6) is 0 Å². The number of nitrogens with two attached hydrogens (primary N) is 1. The van der Waals surface area contributed by atoms with Crippen LogP contribution >= 0.6 is 15.9 Å². The minimum absolute atomic E-state index is 0.0244. The number of hydrogen-bond donors (Lipinski definition) is 1. The average Bonchev–Trinajstić information content (AvgIpc) is 2.19. The quantitative estimate of drug-likeness (QED) is 0.511. The number of amides is 1. The lowest BCUT2D eigenvalue weighted by molar-refractivity contribution is -0.384. The Morgan fingerprint density at radius 1 is 1.56 bits per heavy atom. The maximum absolute atomic E-state index is 11.2. The van der Waals surface area contributed by atoms with Crippen molar-refractivity contribution in [1.29, 1.82) is 0 Å². The molecule has 0 atom stereocenters. The summed E-state index contributed by atoms with van der Waals surface area (Å²) in [6.45, 7) is 1.39. The molecule has 0 heterocycles. The van der Waals surface area contributed by atoms with Gasteiger partial charge in [-0.15, -0.1) is 0 Å². The third-order valence-corrected chi connectivity index (χ3v) is 2.76. The highest BCUT2D eigenvalue weighted by Gasteiger charge is 2.18. The summed E-state index contributed by atoms with van der Waals surface area (Å²) in [5.74, 6) is -0.186. The van der Waals surface area contributed by atoms with Gasteiger partial charge in [0.15, 0.2) is 0 Å². The number of rotatable bonds is 2. The standard InChI is InChI=1S/C9H10BrN3O3/c1-5(14)12(2)8-4-7(11)9(13(15)16)3-6(8)10/h3-4H,11H2,1-2H3. The zero-order valence-corrected chi connectivity index (χ0v) is 10.3. The topological polar surface area (TPSA) is 89.5 Å². The summed E-state index contributed by atoms with van der Waals surface area (Å²) in [5.41, 5.74) is 5.86. The van der Waals surface area contributed by atoms with E-state index in [4.69, 9.17) is 5.73 Å². The first-order chi connectivity index (χ1) is 7.34. The van der Waals surface area contributed by atoms with E-state index in [-0.39, 0.29) is 17.3 Å². The first-order valence-electron chi connectivity index (χ1n) is 4.32. The predicted octanol–water partition coefficient (Wildman–Crippen LogP) is 1.92. The van der Waals surface area contributed by atoms with Gasteiger partial charge in [-0.3, -0.25) is 14.9 Å². The highest BCUT2D eigenvalue weighted by molar-refractivity contribution is 9.10. The molecule has 0 aliphatic carbocycles. The third kappa shape index (κ3) is 2.30. The molecule has 6 nitrogen and oxygen atoms in total. The molecule has 0 spiro atoms. The maximum Gasteiger partial charge on any atom is 0.293 e. The second kappa shape index (κ2) is 4.48. The minimum Gasteiger partial charge on any atom is -0.393 e. The van der Waals surface area contributed by atoms with E-state index in [9.17, 15) is 14.9 Å². The van der Waals surface area contributed by atoms with Gasteiger partial charge in [0, 0.05) is 24.5 Å². The molecule has 0 saturated heterocycles. The van der Waals surface area contributed by atoms with Crippen molar-refractivity contribution in [3.05, 3.63) is 26.7 Å². The second-order valence-electron chi connectivity index (χ2n) is 3.20. The highest BCUT2D eigenvalue weighted by atomic mass is 79.9. The first kappa shape index (κ1) is 12.4. The van der Waals surface area contributed by atoms with Crippen molar-refractivity contribution in [2.75, 3.05) is 17.7 Å². The van der Waals surface area contributed by atoms with Crippen molar-refractivity contribution in [3.8, 4) is 0 Å². The number of hydrogen-bond acceptors (Lipinski definition) is 4. The van der Waals surface area contributed by atoms with Gasteiger partial charge in [-0.1, -0.05) is 0 Å². The second-order valence-corrected chi connectivity index (χ2v) is 4.05. The smallest absolute Gasteiger partial charge is 0.293 e. The van der Waals surface area contributed by atoms with Crippen LogP contribution in [0.4, 0.5) is 17.1 Å². The fourth-order valence-electron chi connectivity index (χ4n) is 1.15. The minimum atomic E-state index is -0.572. The van der Waals surface area contributed by atoms with Gasteiger partial charge in [0.05, 0.1) is 10.6 Å². The van der Waals surface area contributed by atoms with E-state index < -0.39 is 4.92 Å². The monoisotopic (exact) mass is 287 g/mol. The highest BCUT2D eigenvalue weighted by Crippen LogP contribution is 2.34. The molecule has 0 fully saturated rings. The van der Waals surface area contributed by atoms with Gasteiger partial charge in [0.2, 0.25) is 5.91 Å². The summed E-state index contributed by atoms with van der Waals surface area (Å²) in [6.07, 6.45) is 0. The number of nitro benzene ring substituents is 1. The Morgan fingerprint density at radius 3 is 2.56 bits per heavy atom. The molecule has 2 N–H and O–H groups in total. The Balaban J connectivity index is 3.31. The predicted molar refractivity (Wildman–Crippen MR) is 64.3 cm³/mol. The molecule has 0 aliphatic heterocycles. The van der Waals surface area contributed by atoms with Gasteiger partial charge >= 0.3 is 0 Å². The number of benzene rings is 1.